The number of benzene rings is 2. The van der Waals surface area contributed by atoms with Crippen molar-refractivity contribution >= 4 is 5.97 Å². The lowest BCUT2D eigenvalue weighted by Gasteiger charge is -2.41. The van der Waals surface area contributed by atoms with Gasteiger partial charge in [-0.1, -0.05) is 63.8 Å². The molecule has 3 nitrogen and oxygen atoms in total. The molecule has 0 heterocycles. The molecule has 1 aliphatic carbocycles. The number of carboxylic acids is 1. The lowest BCUT2D eigenvalue weighted by atomic mass is 9.63. The van der Waals surface area contributed by atoms with Crippen LogP contribution in [-0.2, 0) is 10.8 Å². The fourth-order valence-electron chi connectivity index (χ4n) is 3.83. The summed E-state index contributed by atoms with van der Waals surface area (Å²) in [7, 11) is 0. The molecule has 0 radical (unpaired) electrons. The highest BCUT2D eigenvalue weighted by Crippen LogP contribution is 2.45. The topological polar surface area (TPSA) is 57.5 Å². The van der Waals surface area contributed by atoms with Gasteiger partial charge in [0.25, 0.3) is 0 Å². The Bertz CT molecular complexity index is 942. The van der Waals surface area contributed by atoms with Gasteiger partial charge in [0.05, 0.1) is 5.56 Å². The lowest BCUT2D eigenvalue weighted by molar-refractivity contribution is 0.0692. The summed E-state index contributed by atoms with van der Waals surface area (Å²) >= 11 is 0. The second-order valence-electron chi connectivity index (χ2n) is 8.59. The van der Waals surface area contributed by atoms with Gasteiger partial charge in [-0.15, -0.1) is 0 Å². The van der Waals surface area contributed by atoms with Crippen LogP contribution in [0.5, 0.6) is 0 Å². The zero-order chi connectivity index (χ0) is 19.8. The van der Waals surface area contributed by atoms with Gasteiger partial charge in [-0.05, 0) is 53.0 Å². The van der Waals surface area contributed by atoms with Gasteiger partial charge in [0.2, 0.25) is 0 Å². The molecule has 0 fully saturated rings. The molecular formula is C24H26O3. The van der Waals surface area contributed by atoms with Gasteiger partial charge in [0, 0.05) is 11.1 Å². The smallest absolute Gasteiger partial charge is 0.336 e. The van der Waals surface area contributed by atoms with Crippen LogP contribution >= 0.6 is 0 Å². The third kappa shape index (κ3) is 3.77. The Morgan fingerprint density at radius 2 is 1.63 bits per heavy atom. The molecule has 2 N–H and O–H groups in total. The minimum Gasteiger partial charge on any atom is -0.478 e. The van der Waals surface area contributed by atoms with Gasteiger partial charge < -0.3 is 10.2 Å². The quantitative estimate of drug-likeness (QED) is 0.753. The molecule has 0 aliphatic heterocycles. The Labute approximate surface area is 161 Å². The highest BCUT2D eigenvalue weighted by molar-refractivity contribution is 5.89. The van der Waals surface area contributed by atoms with Crippen LogP contribution in [0.25, 0.3) is 0 Å². The molecule has 1 unspecified atom stereocenters. The summed E-state index contributed by atoms with van der Waals surface area (Å²) in [5, 5.41) is 19.7. The monoisotopic (exact) mass is 362 g/mol. The van der Waals surface area contributed by atoms with Gasteiger partial charge in [-0.2, -0.15) is 0 Å². The summed E-state index contributed by atoms with van der Waals surface area (Å²) in [6.07, 6.45) is 1.14. The van der Waals surface area contributed by atoms with E-state index in [-0.39, 0.29) is 16.4 Å². The SMILES string of the molecule is CC1(C)CCC(C)(C)c2cc(C#CC(O)c3ccccc3C(=O)O)ccc21. The number of aliphatic hydroxyl groups excluding tert-OH is 1. The average molecular weight is 362 g/mol. The van der Waals surface area contributed by atoms with Crippen molar-refractivity contribution in [2.75, 3.05) is 0 Å². The highest BCUT2D eigenvalue weighted by Gasteiger charge is 2.36. The predicted octanol–water partition coefficient (Wildman–Crippen LogP) is 4.82. The third-order valence-corrected chi connectivity index (χ3v) is 5.69. The van der Waals surface area contributed by atoms with E-state index in [0.29, 0.717) is 5.56 Å². The van der Waals surface area contributed by atoms with Crippen molar-refractivity contribution in [2.45, 2.75) is 57.5 Å². The van der Waals surface area contributed by atoms with Crippen LogP contribution in [0.4, 0.5) is 0 Å². The maximum Gasteiger partial charge on any atom is 0.336 e. The molecule has 27 heavy (non-hydrogen) atoms. The first kappa shape index (κ1) is 19.2. The molecule has 2 aromatic carbocycles. The number of hydrogen-bond donors (Lipinski definition) is 2. The van der Waals surface area contributed by atoms with Gasteiger partial charge in [0.15, 0.2) is 0 Å². The van der Waals surface area contributed by atoms with E-state index in [2.05, 4.69) is 51.7 Å². The molecule has 140 valence electrons. The van der Waals surface area contributed by atoms with Crippen molar-refractivity contribution in [3.05, 3.63) is 70.3 Å². The van der Waals surface area contributed by atoms with E-state index in [1.807, 2.05) is 6.07 Å². The van der Waals surface area contributed by atoms with E-state index in [1.54, 1.807) is 18.2 Å². The zero-order valence-electron chi connectivity index (χ0n) is 16.3. The Balaban J connectivity index is 1.96. The maximum atomic E-state index is 11.3. The van der Waals surface area contributed by atoms with Crippen molar-refractivity contribution in [1.82, 2.24) is 0 Å². The average Bonchev–Trinajstić information content (AvgIpc) is 2.63. The van der Waals surface area contributed by atoms with Crippen LogP contribution in [0.15, 0.2) is 42.5 Å². The molecule has 3 rings (SSSR count). The summed E-state index contributed by atoms with van der Waals surface area (Å²) in [5.41, 5.74) is 4.15. The molecule has 1 atom stereocenters. The van der Waals surface area contributed by atoms with Crippen LogP contribution in [0.2, 0.25) is 0 Å². The minimum absolute atomic E-state index is 0.0765. The summed E-state index contributed by atoms with van der Waals surface area (Å²) < 4.78 is 0. The fourth-order valence-corrected chi connectivity index (χ4v) is 3.83. The molecule has 2 aromatic rings. The first-order chi connectivity index (χ1) is 12.6. The molecule has 0 bridgehead atoms. The van der Waals surface area contributed by atoms with Crippen molar-refractivity contribution < 1.29 is 15.0 Å². The van der Waals surface area contributed by atoms with E-state index in [9.17, 15) is 15.0 Å². The molecular weight excluding hydrogens is 336 g/mol. The molecule has 1 aliphatic rings. The van der Waals surface area contributed by atoms with Crippen molar-refractivity contribution in [2.24, 2.45) is 0 Å². The number of aliphatic hydroxyl groups is 1. The number of hydrogen-bond acceptors (Lipinski definition) is 2. The van der Waals surface area contributed by atoms with Gasteiger partial charge in [-0.25, -0.2) is 4.79 Å². The second kappa shape index (κ2) is 6.87. The summed E-state index contributed by atoms with van der Waals surface area (Å²) in [4.78, 5) is 11.3. The Morgan fingerprint density at radius 3 is 2.30 bits per heavy atom. The number of carbonyl (C=O) groups is 1. The summed E-state index contributed by atoms with van der Waals surface area (Å²) in [6.45, 7) is 9.07. The predicted molar refractivity (Wildman–Crippen MR) is 107 cm³/mol. The standard InChI is InChI=1S/C24H26O3/c1-23(2)13-14-24(3,4)20-15-16(9-11-19(20)23)10-12-21(25)17-7-5-6-8-18(17)22(26)27/h5-9,11,15,21,25H,13-14H2,1-4H3,(H,26,27). The van der Waals surface area contributed by atoms with Crippen LogP contribution in [0.1, 0.15) is 79.3 Å². The fraction of sp³-hybridized carbons (Fsp3) is 0.375. The Kier molecular flexibility index (Phi) is 4.88. The number of rotatable bonds is 2. The second-order valence-corrected chi connectivity index (χ2v) is 8.59. The van der Waals surface area contributed by atoms with Gasteiger partial charge in [-0.3, -0.25) is 0 Å². The Hall–Kier alpha value is -2.57. The molecule has 0 spiro atoms. The minimum atomic E-state index is -1.14. The van der Waals surface area contributed by atoms with Crippen LogP contribution in [-0.4, -0.2) is 16.2 Å². The molecule has 0 saturated carbocycles. The molecule has 0 aromatic heterocycles. The third-order valence-electron chi connectivity index (χ3n) is 5.69. The zero-order valence-corrected chi connectivity index (χ0v) is 16.3. The molecule has 0 amide bonds. The number of carboxylic acid groups (broad SMARTS) is 1. The van der Waals surface area contributed by atoms with Crippen molar-refractivity contribution in [3.8, 4) is 11.8 Å². The van der Waals surface area contributed by atoms with Gasteiger partial charge >= 0.3 is 5.97 Å². The van der Waals surface area contributed by atoms with Gasteiger partial charge in [0.1, 0.15) is 6.10 Å². The van der Waals surface area contributed by atoms with Crippen molar-refractivity contribution in [3.63, 3.8) is 0 Å². The van der Waals surface area contributed by atoms with E-state index < -0.39 is 12.1 Å². The van der Waals surface area contributed by atoms with E-state index >= 15 is 0 Å². The van der Waals surface area contributed by atoms with E-state index in [0.717, 1.165) is 18.4 Å². The first-order valence-corrected chi connectivity index (χ1v) is 9.29. The van der Waals surface area contributed by atoms with Crippen LogP contribution in [0, 0.1) is 11.8 Å². The summed E-state index contributed by atoms with van der Waals surface area (Å²) in [6, 6.07) is 12.7. The van der Waals surface area contributed by atoms with Crippen LogP contribution < -0.4 is 0 Å². The van der Waals surface area contributed by atoms with E-state index in [1.165, 1.54) is 17.2 Å². The van der Waals surface area contributed by atoms with E-state index in [4.69, 9.17) is 0 Å². The number of fused-ring (bicyclic) bond motifs is 1. The normalized spacial score (nSPS) is 18.0. The maximum absolute atomic E-state index is 11.3. The first-order valence-electron chi connectivity index (χ1n) is 9.29. The van der Waals surface area contributed by atoms with Crippen molar-refractivity contribution in [1.29, 1.82) is 0 Å². The lowest BCUT2D eigenvalue weighted by Crippen LogP contribution is -2.33. The Morgan fingerprint density at radius 1 is 1.00 bits per heavy atom. The molecule has 3 heteroatoms. The van der Waals surface area contributed by atoms with Crippen LogP contribution in [0.3, 0.4) is 0 Å². The highest BCUT2D eigenvalue weighted by atomic mass is 16.4. The molecule has 0 saturated heterocycles. The largest absolute Gasteiger partial charge is 0.478 e. The summed E-state index contributed by atoms with van der Waals surface area (Å²) in [5.74, 6) is 4.77. The number of aromatic carboxylic acids is 1.